The Kier molecular flexibility index (Phi) is 7.52. The van der Waals surface area contributed by atoms with Crippen LogP contribution in [0, 0.1) is 12.8 Å². The molecule has 9 nitrogen and oxygen atoms in total. The fourth-order valence-corrected chi connectivity index (χ4v) is 3.70. The van der Waals surface area contributed by atoms with Crippen LogP contribution >= 0.6 is 0 Å². The minimum Gasteiger partial charge on any atom is -0.491 e. The highest BCUT2D eigenvalue weighted by molar-refractivity contribution is 6.04. The van der Waals surface area contributed by atoms with Crippen LogP contribution in [0.4, 0.5) is 5.69 Å². The second kappa shape index (κ2) is 10.1. The Balaban J connectivity index is 1.90. The minimum absolute atomic E-state index is 0.110. The number of nitrogens with one attached hydrogen (secondary N) is 1. The molecule has 0 saturated carbocycles. The summed E-state index contributed by atoms with van der Waals surface area (Å²) in [6, 6.07) is 6.74. The first-order valence-corrected chi connectivity index (χ1v) is 10.7. The molecule has 0 saturated heterocycles. The Morgan fingerprint density at radius 3 is 2.62 bits per heavy atom. The molecule has 2 amide bonds. The lowest BCUT2D eigenvalue weighted by atomic mass is 10.0. The number of carbonyl (C=O) groups excluding carboxylic acids is 2. The molecule has 2 aromatic rings. The van der Waals surface area contributed by atoms with Crippen LogP contribution in [-0.2, 0) is 4.74 Å². The predicted octanol–water partition coefficient (Wildman–Crippen LogP) is 2.67. The standard InChI is InChI=1S/C23H32N4O5/c1-14-11-26(4)15(2)13-31-20-8-7-17(24-22(28)19-9-16(3)32-25-19)10-18(20)23(29)27(5)12-21(14)30-6/h7-10,14-15,21H,11-13H2,1-6H3,(H,24,28)/t14-,15+,21+/m1/s1. The Labute approximate surface area is 188 Å². The number of ether oxygens (including phenoxy) is 2. The SMILES string of the molecule is CO[C@H]1CN(C)C(=O)c2cc(NC(=O)c3cc(C)on3)ccc2OC[C@H](C)N(C)C[C@H]1C. The summed E-state index contributed by atoms with van der Waals surface area (Å²) in [5.41, 5.74) is 1.01. The van der Waals surface area contributed by atoms with Gasteiger partial charge in [0.05, 0.1) is 11.7 Å². The first kappa shape index (κ1) is 23.7. The highest BCUT2D eigenvalue weighted by atomic mass is 16.5. The van der Waals surface area contributed by atoms with Gasteiger partial charge in [0.2, 0.25) is 0 Å². The molecule has 0 bridgehead atoms. The monoisotopic (exact) mass is 444 g/mol. The highest BCUT2D eigenvalue weighted by Crippen LogP contribution is 2.26. The molecule has 174 valence electrons. The van der Waals surface area contributed by atoms with E-state index in [1.807, 2.05) is 0 Å². The van der Waals surface area contributed by atoms with E-state index in [1.165, 1.54) is 0 Å². The molecule has 1 aliphatic heterocycles. The van der Waals surface area contributed by atoms with Crippen LogP contribution in [0.2, 0.25) is 0 Å². The molecule has 0 fully saturated rings. The maximum atomic E-state index is 13.3. The molecule has 1 aromatic heterocycles. The largest absolute Gasteiger partial charge is 0.491 e. The van der Waals surface area contributed by atoms with Crippen molar-refractivity contribution in [2.45, 2.75) is 32.9 Å². The third-order valence-electron chi connectivity index (χ3n) is 5.87. The number of methoxy groups -OCH3 is 1. The average molecular weight is 445 g/mol. The van der Waals surface area contributed by atoms with Gasteiger partial charge in [0, 0.05) is 45.0 Å². The van der Waals surface area contributed by atoms with Gasteiger partial charge in [-0.3, -0.25) is 14.5 Å². The molecule has 0 radical (unpaired) electrons. The number of carbonyl (C=O) groups is 2. The van der Waals surface area contributed by atoms with Gasteiger partial charge in [-0.1, -0.05) is 12.1 Å². The van der Waals surface area contributed by atoms with Crippen molar-refractivity contribution in [2.24, 2.45) is 5.92 Å². The van der Waals surface area contributed by atoms with Crippen LogP contribution in [-0.4, -0.2) is 79.8 Å². The Bertz CT molecular complexity index is 960. The lowest BCUT2D eigenvalue weighted by Gasteiger charge is -2.34. The molecule has 3 atom stereocenters. The molecule has 0 spiro atoms. The topological polar surface area (TPSA) is 97.1 Å². The molecule has 1 N–H and O–H groups in total. The summed E-state index contributed by atoms with van der Waals surface area (Å²) in [4.78, 5) is 29.6. The molecule has 3 rings (SSSR count). The van der Waals surface area contributed by atoms with Gasteiger partial charge in [0.15, 0.2) is 5.69 Å². The van der Waals surface area contributed by atoms with Crippen molar-refractivity contribution in [1.82, 2.24) is 15.0 Å². The van der Waals surface area contributed by atoms with Gasteiger partial charge in [-0.05, 0) is 45.0 Å². The molecule has 1 aromatic carbocycles. The minimum atomic E-state index is -0.416. The first-order chi connectivity index (χ1) is 15.2. The number of hydrogen-bond acceptors (Lipinski definition) is 7. The quantitative estimate of drug-likeness (QED) is 0.777. The lowest BCUT2D eigenvalue weighted by Crippen LogP contribution is -2.45. The van der Waals surface area contributed by atoms with Gasteiger partial charge in [-0.15, -0.1) is 0 Å². The zero-order valence-electron chi connectivity index (χ0n) is 19.5. The van der Waals surface area contributed by atoms with Crippen LogP contribution in [0.5, 0.6) is 5.75 Å². The summed E-state index contributed by atoms with van der Waals surface area (Å²) >= 11 is 0. The van der Waals surface area contributed by atoms with E-state index in [0.717, 1.165) is 6.54 Å². The second-order valence-electron chi connectivity index (χ2n) is 8.52. The van der Waals surface area contributed by atoms with Crippen molar-refractivity contribution in [3.8, 4) is 5.75 Å². The maximum Gasteiger partial charge on any atom is 0.277 e. The van der Waals surface area contributed by atoms with E-state index in [-0.39, 0.29) is 29.7 Å². The summed E-state index contributed by atoms with van der Waals surface area (Å²) in [6.45, 7) is 7.61. The number of fused-ring (bicyclic) bond motifs is 1. The molecule has 32 heavy (non-hydrogen) atoms. The van der Waals surface area contributed by atoms with E-state index in [0.29, 0.717) is 35.9 Å². The van der Waals surface area contributed by atoms with E-state index in [1.54, 1.807) is 50.2 Å². The fourth-order valence-electron chi connectivity index (χ4n) is 3.70. The van der Waals surface area contributed by atoms with Gasteiger partial charge < -0.3 is 24.2 Å². The van der Waals surface area contributed by atoms with E-state index < -0.39 is 5.91 Å². The van der Waals surface area contributed by atoms with Crippen molar-refractivity contribution in [2.75, 3.05) is 46.2 Å². The summed E-state index contributed by atoms with van der Waals surface area (Å²) in [5, 5.41) is 6.50. The molecule has 9 heteroatoms. The van der Waals surface area contributed by atoms with Crippen molar-refractivity contribution in [3.05, 3.63) is 41.3 Å². The third kappa shape index (κ3) is 5.46. The molecular formula is C23H32N4O5. The van der Waals surface area contributed by atoms with Gasteiger partial charge in [0.25, 0.3) is 11.8 Å². The summed E-state index contributed by atoms with van der Waals surface area (Å²) in [5.74, 6) is 0.612. The predicted molar refractivity (Wildman–Crippen MR) is 120 cm³/mol. The highest BCUT2D eigenvalue weighted by Gasteiger charge is 2.27. The van der Waals surface area contributed by atoms with Crippen LogP contribution < -0.4 is 10.1 Å². The maximum absolute atomic E-state index is 13.3. The van der Waals surface area contributed by atoms with Gasteiger partial charge in [0.1, 0.15) is 18.1 Å². The first-order valence-electron chi connectivity index (χ1n) is 10.7. The van der Waals surface area contributed by atoms with Crippen LogP contribution in [0.25, 0.3) is 0 Å². The number of amides is 2. The summed E-state index contributed by atoms with van der Waals surface area (Å²) in [7, 11) is 5.47. The van der Waals surface area contributed by atoms with E-state index in [4.69, 9.17) is 14.0 Å². The number of likely N-dealkylation sites (N-methyl/N-ethyl adjacent to an activating group) is 2. The van der Waals surface area contributed by atoms with Gasteiger partial charge >= 0.3 is 0 Å². The zero-order chi connectivity index (χ0) is 23.4. The molecule has 1 aliphatic rings. The summed E-state index contributed by atoms with van der Waals surface area (Å²) in [6.07, 6.45) is -0.110. The van der Waals surface area contributed by atoms with Crippen LogP contribution in [0.15, 0.2) is 28.8 Å². The molecule has 0 unspecified atom stereocenters. The normalized spacial score (nSPS) is 23.0. The molecule has 2 heterocycles. The van der Waals surface area contributed by atoms with E-state index >= 15 is 0 Å². The second-order valence-corrected chi connectivity index (χ2v) is 8.52. The molecule has 0 aliphatic carbocycles. The number of anilines is 1. The lowest BCUT2D eigenvalue weighted by molar-refractivity contribution is 0.0150. The number of aryl methyl sites for hydroxylation is 1. The number of aromatic nitrogens is 1. The Morgan fingerprint density at radius 2 is 1.97 bits per heavy atom. The van der Waals surface area contributed by atoms with Crippen molar-refractivity contribution >= 4 is 17.5 Å². The number of benzene rings is 1. The van der Waals surface area contributed by atoms with Crippen LogP contribution in [0.1, 0.15) is 40.5 Å². The average Bonchev–Trinajstić information content (AvgIpc) is 3.21. The molecular weight excluding hydrogens is 412 g/mol. The Morgan fingerprint density at radius 1 is 1.22 bits per heavy atom. The number of nitrogens with zero attached hydrogens (tertiary/aromatic N) is 3. The van der Waals surface area contributed by atoms with E-state index in [9.17, 15) is 9.59 Å². The van der Waals surface area contributed by atoms with Crippen molar-refractivity contribution in [1.29, 1.82) is 0 Å². The van der Waals surface area contributed by atoms with Gasteiger partial charge in [-0.25, -0.2) is 0 Å². The fraction of sp³-hybridized carbons (Fsp3) is 0.522. The smallest absolute Gasteiger partial charge is 0.277 e. The third-order valence-corrected chi connectivity index (χ3v) is 5.87. The van der Waals surface area contributed by atoms with Crippen molar-refractivity contribution < 1.29 is 23.6 Å². The van der Waals surface area contributed by atoms with Crippen molar-refractivity contribution in [3.63, 3.8) is 0 Å². The Hall–Kier alpha value is -2.91. The van der Waals surface area contributed by atoms with Gasteiger partial charge in [-0.2, -0.15) is 0 Å². The van der Waals surface area contributed by atoms with Crippen LogP contribution in [0.3, 0.4) is 0 Å². The summed E-state index contributed by atoms with van der Waals surface area (Å²) < 4.78 is 16.7. The van der Waals surface area contributed by atoms with E-state index in [2.05, 4.69) is 36.3 Å². The number of hydrogen-bond donors (Lipinski definition) is 1. The number of rotatable bonds is 3. The zero-order valence-corrected chi connectivity index (χ0v) is 19.5.